The van der Waals surface area contributed by atoms with Gasteiger partial charge in [-0.2, -0.15) is 4.31 Å². The number of rotatable bonds is 8. The number of ether oxygens (including phenoxy) is 1. The van der Waals surface area contributed by atoms with E-state index in [4.69, 9.17) is 27.9 Å². The van der Waals surface area contributed by atoms with Gasteiger partial charge in [-0.1, -0.05) is 45.2 Å². The number of hydrogen-bond donors (Lipinski definition) is 0. The molecule has 0 aromatic heterocycles. The summed E-state index contributed by atoms with van der Waals surface area (Å²) in [5.74, 6) is 0.250. The molecular formula is C23H21BrCl2N2O4S. The quantitative estimate of drug-likeness (QED) is 0.352. The van der Waals surface area contributed by atoms with Gasteiger partial charge in [0.25, 0.3) is 0 Å². The minimum absolute atomic E-state index is 0.0581. The number of hydrogen-bond acceptors (Lipinski definition) is 4. The standard InChI is InChI=1S/C23H21BrCl2N2O4S/c1-27(18-6-8-19(32-2)9-7-18)23(29)15-28(14-16-3-12-21(25)22(26)13-16)33(30,31)20-10-4-17(24)5-11-20/h3-13H,14-15H2,1-2H3. The van der Waals surface area contributed by atoms with Crippen LogP contribution in [0.4, 0.5) is 5.69 Å². The molecule has 0 radical (unpaired) electrons. The lowest BCUT2D eigenvalue weighted by atomic mass is 10.2. The molecule has 0 saturated carbocycles. The number of carbonyl (C=O) groups is 1. The zero-order valence-corrected chi connectivity index (χ0v) is 21.7. The van der Waals surface area contributed by atoms with Crippen molar-refractivity contribution in [3.63, 3.8) is 0 Å². The number of sulfonamides is 1. The van der Waals surface area contributed by atoms with Crippen LogP contribution in [0.3, 0.4) is 0 Å². The molecule has 0 N–H and O–H groups in total. The number of amides is 1. The highest BCUT2D eigenvalue weighted by Gasteiger charge is 2.28. The lowest BCUT2D eigenvalue weighted by Crippen LogP contribution is -2.41. The van der Waals surface area contributed by atoms with Gasteiger partial charge in [0.2, 0.25) is 15.9 Å². The Kier molecular flexibility index (Phi) is 8.42. The molecule has 0 aliphatic carbocycles. The maximum atomic E-state index is 13.4. The number of methoxy groups -OCH3 is 1. The van der Waals surface area contributed by atoms with Crippen LogP contribution in [0.2, 0.25) is 10.0 Å². The van der Waals surface area contributed by atoms with E-state index in [-0.39, 0.29) is 18.0 Å². The minimum atomic E-state index is -3.99. The summed E-state index contributed by atoms with van der Waals surface area (Å²) < 4.78 is 33.9. The van der Waals surface area contributed by atoms with Gasteiger partial charge in [-0.3, -0.25) is 4.79 Å². The van der Waals surface area contributed by atoms with Gasteiger partial charge in [-0.05, 0) is 66.2 Å². The summed E-state index contributed by atoms with van der Waals surface area (Å²) in [5, 5.41) is 0.662. The van der Waals surface area contributed by atoms with Gasteiger partial charge >= 0.3 is 0 Å². The first-order valence-corrected chi connectivity index (χ1v) is 12.7. The van der Waals surface area contributed by atoms with Crippen LogP contribution >= 0.6 is 39.1 Å². The number of anilines is 1. The second-order valence-electron chi connectivity index (χ2n) is 7.13. The van der Waals surface area contributed by atoms with E-state index in [0.717, 1.165) is 8.78 Å². The molecule has 33 heavy (non-hydrogen) atoms. The molecule has 6 nitrogen and oxygen atoms in total. The van der Waals surface area contributed by atoms with Crippen molar-refractivity contribution in [3.8, 4) is 5.75 Å². The van der Waals surface area contributed by atoms with E-state index in [1.807, 2.05) is 0 Å². The van der Waals surface area contributed by atoms with Crippen molar-refractivity contribution in [1.82, 2.24) is 4.31 Å². The summed E-state index contributed by atoms with van der Waals surface area (Å²) in [4.78, 5) is 14.6. The Morgan fingerprint density at radius 3 is 2.18 bits per heavy atom. The SMILES string of the molecule is COc1ccc(N(C)C(=O)CN(Cc2ccc(Cl)c(Cl)c2)S(=O)(=O)c2ccc(Br)cc2)cc1. The van der Waals surface area contributed by atoms with E-state index < -0.39 is 15.9 Å². The van der Waals surface area contributed by atoms with Crippen LogP contribution in [0.5, 0.6) is 5.75 Å². The summed E-state index contributed by atoms with van der Waals surface area (Å²) in [5.41, 5.74) is 1.21. The average molecular weight is 572 g/mol. The normalized spacial score (nSPS) is 11.5. The fraction of sp³-hybridized carbons (Fsp3) is 0.174. The molecule has 0 fully saturated rings. The van der Waals surface area contributed by atoms with Crippen LogP contribution in [0.25, 0.3) is 0 Å². The third-order valence-corrected chi connectivity index (χ3v) is 8.01. The Labute approximate surface area is 211 Å². The summed E-state index contributed by atoms with van der Waals surface area (Å²) in [6, 6.07) is 18.0. The molecule has 0 aliphatic rings. The first kappa shape index (κ1) is 25.5. The molecular weight excluding hydrogens is 551 g/mol. The number of likely N-dealkylation sites (N-methyl/N-ethyl adjacent to an activating group) is 1. The van der Waals surface area contributed by atoms with E-state index in [1.54, 1.807) is 68.8 Å². The van der Waals surface area contributed by atoms with E-state index in [0.29, 0.717) is 27.0 Å². The molecule has 0 bridgehead atoms. The molecule has 174 valence electrons. The third-order valence-electron chi connectivity index (χ3n) is 4.94. The molecule has 0 aliphatic heterocycles. The summed E-state index contributed by atoms with van der Waals surface area (Å²) >= 11 is 15.4. The third kappa shape index (κ3) is 6.28. The van der Waals surface area contributed by atoms with Crippen molar-refractivity contribution in [2.24, 2.45) is 0 Å². The Morgan fingerprint density at radius 1 is 0.970 bits per heavy atom. The van der Waals surface area contributed by atoms with Crippen molar-refractivity contribution in [2.45, 2.75) is 11.4 Å². The molecule has 0 spiro atoms. The Morgan fingerprint density at radius 2 is 1.61 bits per heavy atom. The Bertz CT molecular complexity index is 1240. The van der Waals surface area contributed by atoms with Gasteiger partial charge in [0.1, 0.15) is 5.75 Å². The molecule has 1 amide bonds. The molecule has 0 heterocycles. The highest BCUT2D eigenvalue weighted by atomic mass is 79.9. The van der Waals surface area contributed by atoms with Crippen molar-refractivity contribution in [2.75, 3.05) is 25.6 Å². The first-order chi connectivity index (χ1) is 15.6. The van der Waals surface area contributed by atoms with Crippen LogP contribution in [-0.2, 0) is 21.4 Å². The van der Waals surface area contributed by atoms with E-state index in [1.165, 1.54) is 17.0 Å². The maximum Gasteiger partial charge on any atom is 0.243 e. The summed E-state index contributed by atoms with van der Waals surface area (Å²) in [6.07, 6.45) is 0. The Hall–Kier alpha value is -2.10. The smallest absolute Gasteiger partial charge is 0.243 e. The minimum Gasteiger partial charge on any atom is -0.497 e. The van der Waals surface area contributed by atoms with Crippen LogP contribution in [-0.4, -0.2) is 39.3 Å². The first-order valence-electron chi connectivity index (χ1n) is 9.72. The fourth-order valence-corrected chi connectivity index (χ4v) is 4.99. The van der Waals surface area contributed by atoms with Gasteiger partial charge in [-0.25, -0.2) is 8.42 Å². The molecule has 0 atom stereocenters. The topological polar surface area (TPSA) is 66.9 Å². The van der Waals surface area contributed by atoms with Crippen LogP contribution in [0.15, 0.2) is 76.1 Å². The van der Waals surface area contributed by atoms with E-state index in [2.05, 4.69) is 15.9 Å². The zero-order valence-electron chi connectivity index (χ0n) is 17.8. The highest BCUT2D eigenvalue weighted by molar-refractivity contribution is 9.10. The van der Waals surface area contributed by atoms with E-state index in [9.17, 15) is 13.2 Å². The predicted octanol–water partition coefficient (Wildman–Crippen LogP) is 5.62. The van der Waals surface area contributed by atoms with Crippen LogP contribution in [0, 0.1) is 0 Å². The van der Waals surface area contributed by atoms with Gasteiger partial charge < -0.3 is 9.64 Å². The number of halogens is 3. The highest BCUT2D eigenvalue weighted by Crippen LogP contribution is 2.26. The van der Waals surface area contributed by atoms with Gasteiger partial charge in [0.05, 0.1) is 28.6 Å². The van der Waals surface area contributed by atoms with Crippen LogP contribution in [0.1, 0.15) is 5.56 Å². The molecule has 3 aromatic carbocycles. The van der Waals surface area contributed by atoms with Gasteiger partial charge in [0, 0.05) is 23.8 Å². The second-order valence-corrected chi connectivity index (χ2v) is 10.8. The molecule has 3 rings (SSSR count). The average Bonchev–Trinajstić information content (AvgIpc) is 2.80. The van der Waals surface area contributed by atoms with Crippen molar-refractivity contribution in [3.05, 3.63) is 86.8 Å². The summed E-state index contributed by atoms with van der Waals surface area (Å²) in [6.45, 7) is -0.432. The number of nitrogens with zero attached hydrogens (tertiary/aromatic N) is 2. The molecule has 0 saturated heterocycles. The Balaban J connectivity index is 1.92. The molecule has 10 heteroatoms. The van der Waals surface area contributed by atoms with Gasteiger partial charge in [-0.15, -0.1) is 0 Å². The number of carbonyl (C=O) groups excluding carboxylic acids is 1. The zero-order chi connectivity index (χ0) is 24.2. The van der Waals surface area contributed by atoms with Gasteiger partial charge in [0.15, 0.2) is 0 Å². The maximum absolute atomic E-state index is 13.4. The molecule has 0 unspecified atom stereocenters. The van der Waals surface area contributed by atoms with Crippen molar-refractivity contribution >= 4 is 60.7 Å². The van der Waals surface area contributed by atoms with Crippen molar-refractivity contribution < 1.29 is 17.9 Å². The largest absolute Gasteiger partial charge is 0.497 e. The lowest BCUT2D eigenvalue weighted by molar-refractivity contribution is -0.118. The number of benzene rings is 3. The van der Waals surface area contributed by atoms with Crippen molar-refractivity contribution in [1.29, 1.82) is 0 Å². The van der Waals surface area contributed by atoms with Crippen LogP contribution < -0.4 is 9.64 Å². The monoisotopic (exact) mass is 570 g/mol. The fourth-order valence-electron chi connectivity index (χ4n) is 3.03. The molecule has 3 aromatic rings. The predicted molar refractivity (Wildman–Crippen MR) is 135 cm³/mol. The lowest BCUT2D eigenvalue weighted by Gasteiger charge is -2.25. The second kappa shape index (κ2) is 10.9. The van der Waals surface area contributed by atoms with E-state index >= 15 is 0 Å². The summed E-state index contributed by atoms with van der Waals surface area (Å²) in [7, 11) is -0.847.